The highest BCUT2D eigenvalue weighted by atomic mass is 127. The number of aliphatic imine (C=N–C) groups is 1. The van der Waals surface area contributed by atoms with Gasteiger partial charge in [-0.25, -0.2) is 0 Å². The van der Waals surface area contributed by atoms with Gasteiger partial charge in [-0.2, -0.15) is 0 Å². The van der Waals surface area contributed by atoms with Crippen LogP contribution in [0.1, 0.15) is 25.8 Å². The molecule has 0 saturated carbocycles. The number of guanidine groups is 1. The molecular weight excluding hydrogens is 539 g/mol. The average Bonchev–Trinajstić information content (AvgIpc) is 3.12. The third kappa shape index (κ3) is 6.40. The van der Waals surface area contributed by atoms with Crippen LogP contribution in [0.4, 0.5) is 0 Å². The van der Waals surface area contributed by atoms with E-state index in [1.807, 2.05) is 30.9 Å². The molecule has 0 radical (unpaired) electrons. The number of benzene rings is 1. The second kappa shape index (κ2) is 11.7. The lowest BCUT2D eigenvalue weighted by molar-refractivity contribution is -0.133. The summed E-state index contributed by atoms with van der Waals surface area (Å²) in [6.45, 7) is 5.95. The number of nitrogens with one attached hydrogen (secondary N) is 2. The molecule has 1 unspecified atom stereocenters. The molecule has 1 aromatic carbocycles. The van der Waals surface area contributed by atoms with E-state index in [4.69, 9.17) is 9.47 Å². The summed E-state index contributed by atoms with van der Waals surface area (Å²) >= 11 is 3.51. The fourth-order valence-corrected chi connectivity index (χ4v) is 3.74. The number of likely N-dealkylation sites (tertiary alicyclic amines) is 1. The topological polar surface area (TPSA) is 75.2 Å². The minimum atomic E-state index is 0. The first-order chi connectivity index (χ1) is 12.9. The Kier molecular flexibility index (Phi) is 10.4. The van der Waals surface area contributed by atoms with Crippen molar-refractivity contribution in [3.63, 3.8) is 0 Å². The van der Waals surface area contributed by atoms with Gasteiger partial charge in [0.1, 0.15) is 0 Å². The summed E-state index contributed by atoms with van der Waals surface area (Å²) in [6.07, 6.45) is 0.918. The SMILES string of the molecule is CN=C(NCc1cc(Br)c(OC)c(OC)c1)NC1CCN(C(=O)C(C)C)C1.I. The Balaban J connectivity index is 0.00000392. The van der Waals surface area contributed by atoms with Crippen LogP contribution in [-0.4, -0.2) is 57.2 Å². The van der Waals surface area contributed by atoms with Gasteiger partial charge in [0, 0.05) is 38.6 Å². The van der Waals surface area contributed by atoms with Crippen LogP contribution in [0.25, 0.3) is 0 Å². The zero-order valence-electron chi connectivity index (χ0n) is 17.0. The summed E-state index contributed by atoms with van der Waals surface area (Å²) in [5.41, 5.74) is 1.03. The molecule has 0 spiro atoms. The van der Waals surface area contributed by atoms with Crippen LogP contribution >= 0.6 is 39.9 Å². The molecule has 2 rings (SSSR count). The highest BCUT2D eigenvalue weighted by molar-refractivity contribution is 14.0. The summed E-state index contributed by atoms with van der Waals surface area (Å²) in [6, 6.07) is 4.12. The van der Waals surface area contributed by atoms with Crippen LogP contribution in [0.15, 0.2) is 21.6 Å². The quantitative estimate of drug-likeness (QED) is 0.313. The normalized spacial score (nSPS) is 16.6. The van der Waals surface area contributed by atoms with Crippen molar-refractivity contribution in [1.82, 2.24) is 15.5 Å². The zero-order chi connectivity index (χ0) is 20.0. The van der Waals surface area contributed by atoms with Crippen molar-refractivity contribution in [2.75, 3.05) is 34.4 Å². The standard InChI is InChI=1S/C19H29BrN4O3.HI/c1-12(2)18(25)24-7-6-14(11-24)23-19(21-3)22-10-13-8-15(20)17(27-5)16(9-13)26-4;/h8-9,12,14H,6-7,10-11H2,1-5H3,(H2,21,22,23);1H. The number of ether oxygens (including phenoxy) is 2. The molecule has 1 fully saturated rings. The van der Waals surface area contributed by atoms with Crippen molar-refractivity contribution in [1.29, 1.82) is 0 Å². The average molecular weight is 569 g/mol. The number of nitrogens with zero attached hydrogens (tertiary/aromatic N) is 2. The number of amides is 1. The van der Waals surface area contributed by atoms with Gasteiger partial charge in [-0.3, -0.25) is 9.79 Å². The smallest absolute Gasteiger partial charge is 0.225 e. The molecule has 1 amide bonds. The van der Waals surface area contributed by atoms with Gasteiger partial charge >= 0.3 is 0 Å². The summed E-state index contributed by atoms with van der Waals surface area (Å²) in [7, 11) is 4.97. The lowest BCUT2D eigenvalue weighted by atomic mass is 10.2. The van der Waals surface area contributed by atoms with Crippen LogP contribution in [0, 0.1) is 5.92 Å². The number of hydrogen-bond acceptors (Lipinski definition) is 4. The van der Waals surface area contributed by atoms with E-state index in [0.29, 0.717) is 30.5 Å². The minimum absolute atomic E-state index is 0. The van der Waals surface area contributed by atoms with Gasteiger partial charge in [-0.15, -0.1) is 24.0 Å². The minimum Gasteiger partial charge on any atom is -0.493 e. The van der Waals surface area contributed by atoms with Gasteiger partial charge < -0.3 is 25.0 Å². The monoisotopic (exact) mass is 568 g/mol. The van der Waals surface area contributed by atoms with E-state index in [1.165, 1.54) is 0 Å². The van der Waals surface area contributed by atoms with Gasteiger partial charge in [0.15, 0.2) is 17.5 Å². The first kappa shape index (κ1) is 24.8. The van der Waals surface area contributed by atoms with E-state index in [9.17, 15) is 4.79 Å². The van der Waals surface area contributed by atoms with E-state index in [0.717, 1.165) is 23.0 Å². The molecule has 7 nitrogen and oxygen atoms in total. The van der Waals surface area contributed by atoms with Crippen LogP contribution in [0.3, 0.4) is 0 Å². The maximum atomic E-state index is 12.1. The number of rotatable bonds is 6. The summed E-state index contributed by atoms with van der Waals surface area (Å²) in [5, 5.41) is 6.72. The second-order valence-electron chi connectivity index (χ2n) is 6.81. The Bertz CT molecular complexity index is 700. The van der Waals surface area contributed by atoms with Crippen LogP contribution in [0.2, 0.25) is 0 Å². The van der Waals surface area contributed by atoms with E-state index in [2.05, 4.69) is 31.6 Å². The van der Waals surface area contributed by atoms with Gasteiger partial charge in [-0.1, -0.05) is 13.8 Å². The molecule has 1 aliphatic heterocycles. The lowest BCUT2D eigenvalue weighted by Gasteiger charge is -2.20. The van der Waals surface area contributed by atoms with Crippen molar-refractivity contribution in [2.24, 2.45) is 10.9 Å². The number of carbonyl (C=O) groups excluding carboxylic acids is 1. The highest BCUT2D eigenvalue weighted by Gasteiger charge is 2.27. The molecule has 1 heterocycles. The van der Waals surface area contributed by atoms with Crippen molar-refractivity contribution < 1.29 is 14.3 Å². The molecule has 0 bridgehead atoms. The number of halogens is 2. The molecule has 9 heteroatoms. The first-order valence-corrected chi connectivity index (χ1v) is 9.85. The zero-order valence-corrected chi connectivity index (χ0v) is 21.0. The van der Waals surface area contributed by atoms with Crippen LogP contribution in [-0.2, 0) is 11.3 Å². The number of carbonyl (C=O) groups is 1. The fourth-order valence-electron chi connectivity index (χ4n) is 3.09. The largest absolute Gasteiger partial charge is 0.493 e. The maximum absolute atomic E-state index is 12.1. The molecule has 0 aromatic heterocycles. The maximum Gasteiger partial charge on any atom is 0.225 e. The first-order valence-electron chi connectivity index (χ1n) is 9.06. The van der Waals surface area contributed by atoms with E-state index >= 15 is 0 Å². The van der Waals surface area contributed by atoms with E-state index in [1.54, 1.807) is 21.3 Å². The summed E-state index contributed by atoms with van der Waals surface area (Å²) in [5.74, 6) is 2.29. The predicted octanol–water partition coefficient (Wildman–Crippen LogP) is 3.01. The second-order valence-corrected chi connectivity index (χ2v) is 7.66. The van der Waals surface area contributed by atoms with Gasteiger partial charge in [0.05, 0.1) is 18.7 Å². The Hall–Kier alpha value is -1.23. The van der Waals surface area contributed by atoms with Crippen LogP contribution < -0.4 is 20.1 Å². The molecule has 0 aliphatic carbocycles. The van der Waals surface area contributed by atoms with Gasteiger partial charge in [-0.05, 0) is 40.0 Å². The fraction of sp³-hybridized carbons (Fsp3) is 0.579. The third-order valence-electron chi connectivity index (χ3n) is 4.51. The molecule has 28 heavy (non-hydrogen) atoms. The Labute approximate surface area is 192 Å². The van der Waals surface area contributed by atoms with E-state index in [-0.39, 0.29) is 41.8 Å². The third-order valence-corrected chi connectivity index (χ3v) is 5.10. The summed E-state index contributed by atoms with van der Waals surface area (Å²) < 4.78 is 11.6. The van der Waals surface area contributed by atoms with Crippen molar-refractivity contribution in [2.45, 2.75) is 32.9 Å². The molecular formula is C19H30BrIN4O3. The summed E-state index contributed by atoms with van der Waals surface area (Å²) in [4.78, 5) is 18.3. The van der Waals surface area contributed by atoms with Crippen molar-refractivity contribution in [3.8, 4) is 11.5 Å². The molecule has 1 saturated heterocycles. The Morgan fingerprint density at radius 1 is 1.36 bits per heavy atom. The number of methoxy groups -OCH3 is 2. The molecule has 1 aromatic rings. The van der Waals surface area contributed by atoms with E-state index < -0.39 is 0 Å². The molecule has 1 aliphatic rings. The number of hydrogen-bond donors (Lipinski definition) is 2. The lowest BCUT2D eigenvalue weighted by Crippen LogP contribution is -2.45. The predicted molar refractivity (Wildman–Crippen MR) is 126 cm³/mol. The Morgan fingerprint density at radius 2 is 2.07 bits per heavy atom. The Morgan fingerprint density at radius 3 is 2.64 bits per heavy atom. The van der Waals surface area contributed by atoms with Crippen LogP contribution in [0.5, 0.6) is 11.5 Å². The molecule has 2 N–H and O–H groups in total. The van der Waals surface area contributed by atoms with Crippen molar-refractivity contribution >= 4 is 51.8 Å². The highest BCUT2D eigenvalue weighted by Crippen LogP contribution is 2.36. The molecule has 158 valence electrons. The molecule has 1 atom stereocenters. The van der Waals surface area contributed by atoms with Crippen molar-refractivity contribution in [3.05, 3.63) is 22.2 Å². The van der Waals surface area contributed by atoms with Gasteiger partial charge in [0.25, 0.3) is 0 Å². The van der Waals surface area contributed by atoms with Gasteiger partial charge in [0.2, 0.25) is 5.91 Å².